The lowest BCUT2D eigenvalue weighted by atomic mass is 10.0. The molecular formula is C21H28N4O2. The number of aromatic nitrogens is 2. The van der Waals surface area contributed by atoms with Gasteiger partial charge >= 0.3 is 0 Å². The predicted molar refractivity (Wildman–Crippen MR) is 106 cm³/mol. The van der Waals surface area contributed by atoms with Crippen LogP contribution in [0.25, 0.3) is 0 Å². The Labute approximate surface area is 160 Å². The monoisotopic (exact) mass is 368 g/mol. The fraction of sp³-hybridized carbons (Fsp3) is 0.476. The summed E-state index contributed by atoms with van der Waals surface area (Å²) in [4.78, 5) is 31.9. The molecule has 1 atom stereocenters. The zero-order valence-electron chi connectivity index (χ0n) is 16.1. The topological polar surface area (TPSA) is 67.2 Å². The number of hydrogen-bond donors (Lipinski definition) is 1. The Balaban J connectivity index is 1.77. The van der Waals surface area contributed by atoms with E-state index in [-0.39, 0.29) is 23.1 Å². The molecule has 0 unspecified atom stereocenters. The van der Waals surface area contributed by atoms with Crippen LogP contribution in [0.3, 0.4) is 0 Å². The van der Waals surface area contributed by atoms with Gasteiger partial charge in [0.05, 0.1) is 6.04 Å². The van der Waals surface area contributed by atoms with Crippen molar-refractivity contribution in [3.05, 3.63) is 63.8 Å². The van der Waals surface area contributed by atoms with Gasteiger partial charge in [0, 0.05) is 31.2 Å². The molecule has 0 saturated carbocycles. The third kappa shape index (κ3) is 4.45. The summed E-state index contributed by atoms with van der Waals surface area (Å²) in [5.41, 5.74) is 1.92. The van der Waals surface area contributed by atoms with Gasteiger partial charge < -0.3 is 9.88 Å². The van der Waals surface area contributed by atoms with Crippen LogP contribution in [-0.2, 0) is 6.54 Å². The molecule has 1 aliphatic rings. The van der Waals surface area contributed by atoms with Crippen LogP contribution in [0.2, 0.25) is 0 Å². The van der Waals surface area contributed by atoms with Crippen LogP contribution in [0.1, 0.15) is 53.8 Å². The highest BCUT2D eigenvalue weighted by Crippen LogP contribution is 2.23. The highest BCUT2D eigenvalue weighted by molar-refractivity contribution is 5.93. The lowest BCUT2D eigenvalue weighted by Gasteiger charge is -2.34. The van der Waals surface area contributed by atoms with Crippen LogP contribution in [0, 0.1) is 6.92 Å². The molecule has 2 aromatic heterocycles. The SMILES string of the molecule is CCn1c(C)ccc(C(=O)NC[C@H](c2cccnc2)N2CCCCC2)c1=O. The molecule has 1 aliphatic heterocycles. The van der Waals surface area contributed by atoms with E-state index in [0.29, 0.717) is 13.1 Å². The molecule has 6 nitrogen and oxygen atoms in total. The fourth-order valence-electron chi connectivity index (χ4n) is 3.78. The van der Waals surface area contributed by atoms with E-state index in [1.54, 1.807) is 16.8 Å². The number of hydrogen-bond acceptors (Lipinski definition) is 4. The smallest absolute Gasteiger partial charge is 0.263 e. The average molecular weight is 368 g/mol. The summed E-state index contributed by atoms with van der Waals surface area (Å²) in [6.07, 6.45) is 7.21. The first kappa shape index (κ1) is 19.3. The Morgan fingerprint density at radius 2 is 2.00 bits per heavy atom. The second-order valence-corrected chi connectivity index (χ2v) is 7.05. The number of pyridine rings is 2. The summed E-state index contributed by atoms with van der Waals surface area (Å²) < 4.78 is 1.62. The number of piperidine rings is 1. The third-order valence-electron chi connectivity index (χ3n) is 5.31. The third-order valence-corrected chi connectivity index (χ3v) is 5.31. The van der Waals surface area contributed by atoms with E-state index in [9.17, 15) is 9.59 Å². The number of rotatable bonds is 6. The Bertz CT molecular complexity index is 826. The van der Waals surface area contributed by atoms with Crippen molar-refractivity contribution in [1.29, 1.82) is 0 Å². The van der Waals surface area contributed by atoms with Crippen LogP contribution in [0.15, 0.2) is 41.5 Å². The molecule has 0 aliphatic carbocycles. The van der Waals surface area contributed by atoms with Gasteiger partial charge in [0.2, 0.25) is 0 Å². The molecule has 1 saturated heterocycles. The van der Waals surface area contributed by atoms with Gasteiger partial charge in [0.1, 0.15) is 5.56 Å². The number of carbonyl (C=O) groups is 1. The van der Waals surface area contributed by atoms with Crippen molar-refractivity contribution >= 4 is 5.91 Å². The van der Waals surface area contributed by atoms with Crippen LogP contribution in [0.4, 0.5) is 0 Å². The molecule has 0 radical (unpaired) electrons. The fourth-order valence-corrected chi connectivity index (χ4v) is 3.78. The van der Waals surface area contributed by atoms with E-state index >= 15 is 0 Å². The first-order valence-corrected chi connectivity index (χ1v) is 9.74. The van der Waals surface area contributed by atoms with E-state index in [1.807, 2.05) is 38.2 Å². The number of nitrogens with zero attached hydrogens (tertiary/aromatic N) is 3. The van der Waals surface area contributed by atoms with Gasteiger partial charge in [-0.2, -0.15) is 0 Å². The minimum Gasteiger partial charge on any atom is -0.350 e. The molecule has 0 spiro atoms. The standard InChI is InChI=1S/C21H28N4O2/c1-3-25-16(2)9-10-18(21(25)27)20(26)23-15-19(17-8-7-11-22-14-17)24-12-5-4-6-13-24/h7-11,14,19H,3-6,12-13,15H2,1-2H3,(H,23,26)/t19-/m1/s1. The van der Waals surface area contributed by atoms with E-state index in [2.05, 4.69) is 15.2 Å². The van der Waals surface area contributed by atoms with Gasteiger partial charge in [-0.25, -0.2) is 0 Å². The first-order valence-electron chi connectivity index (χ1n) is 9.74. The van der Waals surface area contributed by atoms with Crippen molar-refractivity contribution in [3.63, 3.8) is 0 Å². The van der Waals surface area contributed by atoms with E-state index in [1.165, 1.54) is 19.3 Å². The van der Waals surface area contributed by atoms with Gasteiger partial charge in [-0.3, -0.25) is 19.5 Å². The van der Waals surface area contributed by atoms with Crippen LogP contribution in [-0.4, -0.2) is 40.0 Å². The highest BCUT2D eigenvalue weighted by Gasteiger charge is 2.24. The molecule has 0 aromatic carbocycles. The number of nitrogens with one attached hydrogen (secondary N) is 1. The van der Waals surface area contributed by atoms with Crippen molar-refractivity contribution in [2.45, 2.75) is 45.7 Å². The molecule has 144 valence electrons. The summed E-state index contributed by atoms with van der Waals surface area (Å²) in [7, 11) is 0. The van der Waals surface area contributed by atoms with E-state index in [0.717, 1.165) is 24.3 Å². The van der Waals surface area contributed by atoms with Crippen molar-refractivity contribution < 1.29 is 4.79 Å². The van der Waals surface area contributed by atoms with Crippen LogP contribution >= 0.6 is 0 Å². The molecule has 3 rings (SSSR count). The Kier molecular flexibility index (Phi) is 6.40. The molecule has 1 fully saturated rings. The van der Waals surface area contributed by atoms with Crippen molar-refractivity contribution in [1.82, 2.24) is 19.8 Å². The molecule has 0 bridgehead atoms. The second-order valence-electron chi connectivity index (χ2n) is 7.05. The molecule has 1 N–H and O–H groups in total. The zero-order valence-corrected chi connectivity index (χ0v) is 16.1. The van der Waals surface area contributed by atoms with Crippen LogP contribution < -0.4 is 10.9 Å². The number of amides is 1. The largest absolute Gasteiger partial charge is 0.350 e. The normalized spacial score (nSPS) is 16.1. The zero-order chi connectivity index (χ0) is 19.2. The van der Waals surface area contributed by atoms with Gasteiger partial charge in [0.15, 0.2) is 0 Å². The lowest BCUT2D eigenvalue weighted by molar-refractivity contribution is 0.0922. The van der Waals surface area contributed by atoms with Gasteiger partial charge in [-0.15, -0.1) is 0 Å². The minimum absolute atomic E-state index is 0.0711. The lowest BCUT2D eigenvalue weighted by Crippen LogP contribution is -2.42. The maximum Gasteiger partial charge on any atom is 0.263 e. The maximum absolute atomic E-state index is 12.7. The molecular weight excluding hydrogens is 340 g/mol. The minimum atomic E-state index is -0.312. The molecule has 3 heterocycles. The van der Waals surface area contributed by atoms with Crippen molar-refractivity contribution in [3.8, 4) is 0 Å². The van der Waals surface area contributed by atoms with E-state index in [4.69, 9.17) is 0 Å². The summed E-state index contributed by atoms with van der Waals surface area (Å²) in [5.74, 6) is -0.312. The predicted octanol–water partition coefficient (Wildman–Crippen LogP) is 2.53. The van der Waals surface area contributed by atoms with E-state index < -0.39 is 0 Å². The molecule has 6 heteroatoms. The Hall–Kier alpha value is -2.47. The number of likely N-dealkylation sites (tertiary alicyclic amines) is 1. The summed E-state index contributed by atoms with van der Waals surface area (Å²) in [6.45, 7) is 6.83. The Morgan fingerprint density at radius 3 is 2.67 bits per heavy atom. The molecule has 2 aromatic rings. The van der Waals surface area contributed by atoms with Crippen LogP contribution in [0.5, 0.6) is 0 Å². The van der Waals surface area contributed by atoms with Gasteiger partial charge in [-0.05, 0) is 63.5 Å². The summed E-state index contributed by atoms with van der Waals surface area (Å²) in [6, 6.07) is 7.49. The quantitative estimate of drug-likeness (QED) is 0.851. The summed E-state index contributed by atoms with van der Waals surface area (Å²) in [5, 5.41) is 2.98. The van der Waals surface area contributed by atoms with Crippen molar-refractivity contribution in [2.24, 2.45) is 0 Å². The number of aryl methyl sites for hydroxylation is 1. The Morgan fingerprint density at radius 1 is 1.22 bits per heavy atom. The summed E-state index contributed by atoms with van der Waals surface area (Å²) >= 11 is 0. The number of carbonyl (C=O) groups excluding carboxylic acids is 1. The molecule has 1 amide bonds. The average Bonchev–Trinajstić information content (AvgIpc) is 2.70. The maximum atomic E-state index is 12.7. The first-order chi connectivity index (χ1) is 13.1. The highest BCUT2D eigenvalue weighted by atomic mass is 16.2. The van der Waals surface area contributed by atoms with Crippen molar-refractivity contribution in [2.75, 3.05) is 19.6 Å². The van der Waals surface area contributed by atoms with Gasteiger partial charge in [0.25, 0.3) is 11.5 Å². The van der Waals surface area contributed by atoms with Gasteiger partial charge in [-0.1, -0.05) is 12.5 Å². The molecule has 27 heavy (non-hydrogen) atoms. The second kappa shape index (κ2) is 8.95.